The molecule has 1 aromatic rings. The van der Waals surface area contributed by atoms with Gasteiger partial charge in [0.1, 0.15) is 0 Å². The highest BCUT2D eigenvalue weighted by Gasteiger charge is 2.68. The molecule has 0 aromatic heterocycles. The Morgan fingerprint density at radius 2 is 1.94 bits per heavy atom. The fraction of sp³-hybridized carbons (Fsp3) is 0.667. The molecular formula is C24H33BCl2N2O4. The Balaban J connectivity index is 1.39. The Kier molecular flexibility index (Phi) is 6.82. The zero-order valence-electron chi connectivity index (χ0n) is 19.9. The Hall–Kier alpha value is -1.28. The van der Waals surface area contributed by atoms with Crippen LogP contribution in [0.1, 0.15) is 64.2 Å². The number of carbonyl (C=O) groups is 2. The van der Waals surface area contributed by atoms with Crippen molar-refractivity contribution in [3.05, 3.63) is 33.8 Å². The van der Waals surface area contributed by atoms with E-state index in [4.69, 9.17) is 32.5 Å². The lowest BCUT2D eigenvalue weighted by molar-refractivity contribution is -0.199. The number of amides is 2. The molecule has 3 aliphatic carbocycles. The molecule has 4 aliphatic rings. The summed E-state index contributed by atoms with van der Waals surface area (Å²) in [5.74, 6) is 0.399. The molecule has 1 saturated heterocycles. The summed E-state index contributed by atoms with van der Waals surface area (Å²) in [5, 5.41) is 6.34. The summed E-state index contributed by atoms with van der Waals surface area (Å²) < 4.78 is 13.0. The van der Waals surface area contributed by atoms with Gasteiger partial charge in [0.05, 0.1) is 34.8 Å². The molecule has 1 aliphatic heterocycles. The molecule has 0 radical (unpaired) electrons. The summed E-state index contributed by atoms with van der Waals surface area (Å²) >= 11 is 12.1. The molecule has 0 unspecified atom stereocenters. The largest absolute Gasteiger partial charge is 0.481 e. The fourth-order valence-corrected chi connectivity index (χ4v) is 6.38. The first-order valence-corrected chi connectivity index (χ1v) is 12.5. The van der Waals surface area contributed by atoms with E-state index in [0.29, 0.717) is 29.2 Å². The maximum atomic E-state index is 12.8. The molecule has 6 nitrogen and oxygen atoms in total. The third-order valence-electron chi connectivity index (χ3n) is 7.95. The van der Waals surface area contributed by atoms with Crippen LogP contribution in [0.3, 0.4) is 0 Å². The van der Waals surface area contributed by atoms with Crippen molar-refractivity contribution in [3.8, 4) is 0 Å². The van der Waals surface area contributed by atoms with Crippen molar-refractivity contribution in [2.75, 3.05) is 6.54 Å². The van der Waals surface area contributed by atoms with Crippen molar-refractivity contribution in [3.63, 3.8) is 0 Å². The van der Waals surface area contributed by atoms with Gasteiger partial charge in [0, 0.05) is 5.02 Å². The predicted octanol–water partition coefficient (Wildman–Crippen LogP) is 4.52. The number of benzene rings is 1. The zero-order valence-corrected chi connectivity index (χ0v) is 21.4. The molecule has 2 bridgehead atoms. The van der Waals surface area contributed by atoms with Gasteiger partial charge in [-0.3, -0.25) is 9.59 Å². The van der Waals surface area contributed by atoms with E-state index in [0.717, 1.165) is 6.42 Å². The number of nitrogens with one attached hydrogen (secondary N) is 2. The van der Waals surface area contributed by atoms with Crippen LogP contribution >= 0.6 is 23.2 Å². The van der Waals surface area contributed by atoms with E-state index in [1.54, 1.807) is 12.1 Å². The van der Waals surface area contributed by atoms with Crippen molar-refractivity contribution in [1.82, 2.24) is 10.6 Å². The van der Waals surface area contributed by atoms with Crippen LogP contribution in [0, 0.1) is 23.2 Å². The standard InChI is InChI=1S/C24H33BCl2N2O4/c1-13(2)8-20(25-32-19-10-14-9-18(23(14,3)4)24(19,5)33-25)29-21(30)12-28-22(31)16-11-15(26)6-7-17(16)27/h6-7,11,13-14,18-20H,8-10,12H2,1-5H3,(H,28,31)(H,29,30)/t14-,18-,19+,20+,24-/m0/s1. The highest BCUT2D eigenvalue weighted by molar-refractivity contribution is 6.48. The lowest BCUT2D eigenvalue weighted by Crippen LogP contribution is -2.65. The monoisotopic (exact) mass is 494 g/mol. The summed E-state index contributed by atoms with van der Waals surface area (Å²) in [6.07, 6.45) is 2.94. The second kappa shape index (κ2) is 9.06. The van der Waals surface area contributed by atoms with Gasteiger partial charge in [-0.2, -0.15) is 0 Å². The zero-order chi connectivity index (χ0) is 24.1. The molecule has 5 rings (SSSR count). The molecule has 3 saturated carbocycles. The minimum Gasteiger partial charge on any atom is -0.404 e. The van der Waals surface area contributed by atoms with E-state index in [1.165, 1.54) is 12.5 Å². The van der Waals surface area contributed by atoms with Crippen LogP contribution in [0.25, 0.3) is 0 Å². The maximum Gasteiger partial charge on any atom is 0.481 e. The van der Waals surface area contributed by atoms with Crippen molar-refractivity contribution in [2.45, 2.75) is 71.5 Å². The Labute approximate surface area is 206 Å². The van der Waals surface area contributed by atoms with Gasteiger partial charge >= 0.3 is 7.12 Å². The Morgan fingerprint density at radius 3 is 2.61 bits per heavy atom. The number of hydrogen-bond donors (Lipinski definition) is 2. The van der Waals surface area contributed by atoms with Gasteiger partial charge in [-0.1, -0.05) is 50.9 Å². The van der Waals surface area contributed by atoms with E-state index >= 15 is 0 Å². The first-order valence-electron chi connectivity index (χ1n) is 11.8. The molecule has 1 aromatic carbocycles. The highest BCUT2D eigenvalue weighted by Crippen LogP contribution is 2.65. The minimum absolute atomic E-state index is 0.0514. The van der Waals surface area contributed by atoms with Crippen molar-refractivity contribution >= 4 is 42.1 Å². The lowest BCUT2D eigenvalue weighted by Gasteiger charge is -2.64. The summed E-state index contributed by atoms with van der Waals surface area (Å²) in [6, 6.07) is 4.64. The molecular weight excluding hydrogens is 462 g/mol. The van der Waals surface area contributed by atoms with E-state index in [1.807, 2.05) is 0 Å². The fourth-order valence-electron chi connectivity index (χ4n) is 6.00. The average molecular weight is 495 g/mol. The van der Waals surface area contributed by atoms with Crippen LogP contribution in [0.15, 0.2) is 18.2 Å². The smallest absolute Gasteiger partial charge is 0.404 e. The normalized spacial score (nSPS) is 30.4. The second-order valence-electron chi connectivity index (χ2n) is 10.9. The number of hydrogen-bond acceptors (Lipinski definition) is 4. The van der Waals surface area contributed by atoms with Crippen LogP contribution in [0.4, 0.5) is 0 Å². The summed E-state index contributed by atoms with van der Waals surface area (Å²) in [7, 11) is -0.500. The average Bonchev–Trinajstić information content (AvgIpc) is 3.10. The molecule has 4 fully saturated rings. The summed E-state index contributed by atoms with van der Waals surface area (Å²) in [6.45, 7) is 10.8. The number of carbonyl (C=O) groups excluding carboxylic acids is 2. The molecule has 2 amide bonds. The van der Waals surface area contributed by atoms with Gasteiger partial charge < -0.3 is 19.9 Å². The topological polar surface area (TPSA) is 76.7 Å². The second-order valence-corrected chi connectivity index (χ2v) is 11.8. The molecule has 33 heavy (non-hydrogen) atoms. The van der Waals surface area contributed by atoms with Crippen LogP contribution in [0.2, 0.25) is 10.0 Å². The van der Waals surface area contributed by atoms with E-state index in [-0.39, 0.29) is 46.1 Å². The van der Waals surface area contributed by atoms with Gasteiger partial charge in [0.2, 0.25) is 5.91 Å². The van der Waals surface area contributed by atoms with Crippen LogP contribution < -0.4 is 10.6 Å². The van der Waals surface area contributed by atoms with Crippen LogP contribution in [0.5, 0.6) is 0 Å². The molecule has 180 valence electrons. The third kappa shape index (κ3) is 4.66. The van der Waals surface area contributed by atoms with Gasteiger partial charge in [-0.25, -0.2) is 0 Å². The first-order chi connectivity index (χ1) is 15.4. The van der Waals surface area contributed by atoms with E-state index in [2.05, 4.69) is 45.3 Å². The molecule has 2 N–H and O–H groups in total. The van der Waals surface area contributed by atoms with Crippen LogP contribution in [-0.2, 0) is 14.1 Å². The van der Waals surface area contributed by atoms with Crippen molar-refractivity contribution in [1.29, 1.82) is 0 Å². The van der Waals surface area contributed by atoms with Gasteiger partial charge in [-0.15, -0.1) is 0 Å². The lowest BCUT2D eigenvalue weighted by atomic mass is 9.43. The van der Waals surface area contributed by atoms with E-state index < -0.39 is 13.0 Å². The van der Waals surface area contributed by atoms with Gasteiger partial charge in [-0.05, 0) is 67.6 Å². The maximum absolute atomic E-state index is 12.8. The number of halogens is 2. The van der Waals surface area contributed by atoms with Crippen molar-refractivity contribution < 1.29 is 18.9 Å². The molecule has 1 heterocycles. The number of rotatable bonds is 7. The molecule has 0 spiro atoms. The van der Waals surface area contributed by atoms with Crippen molar-refractivity contribution in [2.24, 2.45) is 23.2 Å². The SMILES string of the molecule is CC(C)C[C@@H](NC(=O)CNC(=O)c1cc(Cl)ccc1Cl)B1O[C@@H]2C[C@@H]3C[C@@H](C3(C)C)[C@]2(C)O1. The highest BCUT2D eigenvalue weighted by atomic mass is 35.5. The van der Waals surface area contributed by atoms with Gasteiger partial charge in [0.25, 0.3) is 5.91 Å². The minimum atomic E-state index is -0.500. The summed E-state index contributed by atoms with van der Waals surface area (Å²) in [4.78, 5) is 25.2. The predicted molar refractivity (Wildman–Crippen MR) is 130 cm³/mol. The third-order valence-corrected chi connectivity index (χ3v) is 8.52. The Morgan fingerprint density at radius 1 is 1.21 bits per heavy atom. The first kappa shape index (κ1) is 24.8. The Bertz CT molecular complexity index is 943. The molecule has 5 atom stereocenters. The van der Waals surface area contributed by atoms with Gasteiger partial charge in [0.15, 0.2) is 0 Å². The summed E-state index contributed by atoms with van der Waals surface area (Å²) in [5.41, 5.74) is 0.156. The molecule has 9 heteroatoms. The van der Waals surface area contributed by atoms with Crippen LogP contribution in [-0.4, -0.2) is 43.1 Å². The quantitative estimate of drug-likeness (QED) is 0.546. The van der Waals surface area contributed by atoms with E-state index in [9.17, 15) is 9.59 Å².